The third-order valence-corrected chi connectivity index (χ3v) is 11.1. The van der Waals surface area contributed by atoms with Crippen LogP contribution >= 0.6 is 0 Å². The third-order valence-electron chi connectivity index (χ3n) is 11.1. The molecule has 0 unspecified atom stereocenters. The van der Waals surface area contributed by atoms with Gasteiger partial charge in [0.15, 0.2) is 6.10 Å². The van der Waals surface area contributed by atoms with E-state index in [2.05, 4.69) is 41.5 Å². The molecule has 0 saturated heterocycles. The lowest BCUT2D eigenvalue weighted by Gasteiger charge is -2.18. The van der Waals surface area contributed by atoms with Crippen molar-refractivity contribution in [2.75, 3.05) is 13.2 Å². The Kier molecular flexibility index (Phi) is 40.4. The average molecular weight is 793 g/mol. The zero-order valence-corrected chi connectivity index (χ0v) is 38.4. The maximum Gasteiger partial charge on any atom is 0.306 e. The first-order valence-corrected chi connectivity index (χ1v) is 24.6. The van der Waals surface area contributed by atoms with E-state index in [0.29, 0.717) is 19.3 Å². The Morgan fingerprint density at radius 1 is 0.304 bits per heavy atom. The molecule has 56 heavy (non-hydrogen) atoms. The highest BCUT2D eigenvalue weighted by atomic mass is 16.6. The standard InChI is InChI=1S/C50H96O6/c1-44(2)36-30-24-18-13-9-7-8-10-15-21-27-33-39-48(51)54-42-47(56-50(53)41-35-29-23-17-20-26-32-38-46(5)6)43-55-49(52)40-34-28-22-16-12-11-14-19-25-31-37-45(3)4/h44-47H,7-43H2,1-6H3/t47-/m1/s1. The molecular formula is C50H96O6. The Labute approximate surface area is 348 Å². The smallest absolute Gasteiger partial charge is 0.306 e. The van der Waals surface area contributed by atoms with E-state index in [1.165, 1.54) is 148 Å². The van der Waals surface area contributed by atoms with Gasteiger partial charge in [0.2, 0.25) is 0 Å². The van der Waals surface area contributed by atoms with Crippen LogP contribution in [0, 0.1) is 17.8 Å². The molecule has 0 bridgehead atoms. The third kappa shape index (κ3) is 43.5. The molecule has 0 N–H and O–H groups in total. The van der Waals surface area contributed by atoms with Crippen molar-refractivity contribution in [2.24, 2.45) is 17.8 Å². The summed E-state index contributed by atoms with van der Waals surface area (Å²) in [6.45, 7) is 13.6. The van der Waals surface area contributed by atoms with Crippen LogP contribution in [0.2, 0.25) is 0 Å². The van der Waals surface area contributed by atoms with Crippen LogP contribution in [0.5, 0.6) is 0 Å². The number of hydrogen-bond donors (Lipinski definition) is 0. The molecule has 0 fully saturated rings. The van der Waals surface area contributed by atoms with Crippen molar-refractivity contribution in [1.29, 1.82) is 0 Å². The minimum absolute atomic E-state index is 0.0658. The maximum absolute atomic E-state index is 12.7. The molecule has 0 aliphatic carbocycles. The van der Waals surface area contributed by atoms with Gasteiger partial charge in [-0.15, -0.1) is 0 Å². The molecule has 0 spiro atoms. The zero-order chi connectivity index (χ0) is 41.3. The van der Waals surface area contributed by atoms with Gasteiger partial charge in [0.05, 0.1) is 0 Å². The fourth-order valence-corrected chi connectivity index (χ4v) is 7.41. The van der Waals surface area contributed by atoms with Crippen molar-refractivity contribution in [2.45, 2.75) is 272 Å². The monoisotopic (exact) mass is 793 g/mol. The average Bonchev–Trinajstić information content (AvgIpc) is 3.15. The Hall–Kier alpha value is -1.59. The van der Waals surface area contributed by atoms with Gasteiger partial charge in [-0.25, -0.2) is 0 Å². The molecule has 0 aromatic rings. The SMILES string of the molecule is CC(C)CCCCCCCCCCCCCCC(=O)OC[C@H](COC(=O)CCCCCCCCCCCCC(C)C)OC(=O)CCCCCCCCCC(C)C. The van der Waals surface area contributed by atoms with Crippen molar-refractivity contribution in [3.05, 3.63) is 0 Å². The quantitative estimate of drug-likeness (QED) is 0.0348. The first kappa shape index (κ1) is 54.4. The minimum atomic E-state index is -0.762. The van der Waals surface area contributed by atoms with Crippen LogP contribution in [-0.4, -0.2) is 37.2 Å². The zero-order valence-electron chi connectivity index (χ0n) is 38.4. The number of unbranched alkanes of at least 4 members (excludes halogenated alkanes) is 26. The number of rotatable bonds is 43. The molecule has 0 aliphatic heterocycles. The largest absolute Gasteiger partial charge is 0.462 e. The fourth-order valence-electron chi connectivity index (χ4n) is 7.41. The summed E-state index contributed by atoms with van der Waals surface area (Å²) in [5.74, 6) is 1.57. The van der Waals surface area contributed by atoms with E-state index in [9.17, 15) is 14.4 Å². The molecule has 0 heterocycles. The van der Waals surface area contributed by atoms with E-state index < -0.39 is 6.10 Å². The van der Waals surface area contributed by atoms with E-state index in [-0.39, 0.29) is 31.1 Å². The fraction of sp³-hybridized carbons (Fsp3) is 0.940. The number of esters is 3. The molecule has 0 aromatic carbocycles. The highest BCUT2D eigenvalue weighted by Crippen LogP contribution is 2.17. The second-order valence-corrected chi connectivity index (χ2v) is 18.5. The topological polar surface area (TPSA) is 78.9 Å². The number of ether oxygens (including phenoxy) is 3. The summed E-state index contributed by atoms with van der Waals surface area (Å²) in [7, 11) is 0. The van der Waals surface area contributed by atoms with Gasteiger partial charge < -0.3 is 14.2 Å². The van der Waals surface area contributed by atoms with E-state index in [1.54, 1.807) is 0 Å². The van der Waals surface area contributed by atoms with Crippen molar-refractivity contribution >= 4 is 17.9 Å². The number of carbonyl (C=O) groups is 3. The van der Waals surface area contributed by atoms with Gasteiger partial charge in [0, 0.05) is 19.3 Å². The molecule has 6 nitrogen and oxygen atoms in total. The Morgan fingerprint density at radius 2 is 0.518 bits per heavy atom. The molecule has 0 aromatic heterocycles. The molecular weight excluding hydrogens is 697 g/mol. The molecule has 0 amide bonds. The van der Waals surface area contributed by atoms with Crippen LogP contribution in [0.1, 0.15) is 266 Å². The van der Waals surface area contributed by atoms with E-state index in [4.69, 9.17) is 14.2 Å². The minimum Gasteiger partial charge on any atom is -0.462 e. The van der Waals surface area contributed by atoms with Crippen LogP contribution < -0.4 is 0 Å². The van der Waals surface area contributed by atoms with Crippen LogP contribution in [0.4, 0.5) is 0 Å². The summed E-state index contributed by atoms with van der Waals surface area (Å²) in [6, 6.07) is 0. The number of hydrogen-bond acceptors (Lipinski definition) is 6. The van der Waals surface area contributed by atoms with Crippen molar-refractivity contribution < 1.29 is 28.6 Å². The summed E-state index contributed by atoms with van der Waals surface area (Å²) < 4.78 is 16.8. The Balaban J connectivity index is 4.30. The lowest BCUT2D eigenvalue weighted by Crippen LogP contribution is -2.30. The van der Waals surface area contributed by atoms with E-state index in [0.717, 1.165) is 75.5 Å². The first-order valence-electron chi connectivity index (χ1n) is 24.6. The predicted molar refractivity (Wildman–Crippen MR) is 238 cm³/mol. The van der Waals surface area contributed by atoms with Gasteiger partial charge in [-0.05, 0) is 37.0 Å². The van der Waals surface area contributed by atoms with Crippen LogP contribution in [0.15, 0.2) is 0 Å². The summed E-state index contributed by atoms with van der Waals surface area (Å²) in [4.78, 5) is 37.8. The molecule has 0 radical (unpaired) electrons. The second-order valence-electron chi connectivity index (χ2n) is 18.5. The molecule has 6 heteroatoms. The second kappa shape index (κ2) is 41.6. The van der Waals surface area contributed by atoms with Crippen LogP contribution in [-0.2, 0) is 28.6 Å². The Morgan fingerprint density at radius 3 is 0.768 bits per heavy atom. The summed E-state index contributed by atoms with van der Waals surface area (Å²) in [5, 5.41) is 0. The van der Waals surface area contributed by atoms with E-state index in [1.807, 2.05) is 0 Å². The highest BCUT2D eigenvalue weighted by molar-refractivity contribution is 5.71. The Bertz CT molecular complexity index is 868. The summed E-state index contributed by atoms with van der Waals surface area (Å²) in [5.41, 5.74) is 0. The van der Waals surface area contributed by atoms with Crippen molar-refractivity contribution in [1.82, 2.24) is 0 Å². The lowest BCUT2D eigenvalue weighted by atomic mass is 10.0. The predicted octanol–water partition coefficient (Wildman–Crippen LogP) is 15.6. The van der Waals surface area contributed by atoms with E-state index >= 15 is 0 Å². The molecule has 1 atom stereocenters. The maximum atomic E-state index is 12.7. The normalized spacial score (nSPS) is 12.2. The van der Waals surface area contributed by atoms with Crippen LogP contribution in [0.25, 0.3) is 0 Å². The van der Waals surface area contributed by atoms with Crippen LogP contribution in [0.3, 0.4) is 0 Å². The van der Waals surface area contributed by atoms with Gasteiger partial charge in [-0.2, -0.15) is 0 Å². The van der Waals surface area contributed by atoms with Gasteiger partial charge >= 0.3 is 17.9 Å². The van der Waals surface area contributed by atoms with Gasteiger partial charge in [-0.1, -0.05) is 228 Å². The lowest BCUT2D eigenvalue weighted by molar-refractivity contribution is -0.167. The summed E-state index contributed by atoms with van der Waals surface area (Å²) in [6.07, 6.45) is 39.5. The highest BCUT2D eigenvalue weighted by Gasteiger charge is 2.19. The van der Waals surface area contributed by atoms with Gasteiger partial charge in [-0.3, -0.25) is 14.4 Å². The van der Waals surface area contributed by atoms with Crippen molar-refractivity contribution in [3.8, 4) is 0 Å². The van der Waals surface area contributed by atoms with Gasteiger partial charge in [0.1, 0.15) is 13.2 Å². The summed E-state index contributed by atoms with van der Waals surface area (Å²) >= 11 is 0. The molecule has 0 aliphatic rings. The molecule has 332 valence electrons. The van der Waals surface area contributed by atoms with Gasteiger partial charge in [0.25, 0.3) is 0 Å². The number of carbonyl (C=O) groups excluding carboxylic acids is 3. The first-order chi connectivity index (χ1) is 27.1. The molecule has 0 rings (SSSR count). The van der Waals surface area contributed by atoms with Crippen molar-refractivity contribution in [3.63, 3.8) is 0 Å². The molecule has 0 saturated carbocycles.